The van der Waals surface area contributed by atoms with Gasteiger partial charge < -0.3 is 14.6 Å². The summed E-state index contributed by atoms with van der Waals surface area (Å²) in [5.41, 5.74) is 4.16. The molecule has 5 atom stereocenters. The summed E-state index contributed by atoms with van der Waals surface area (Å²) in [6.45, 7) is 7.68. The van der Waals surface area contributed by atoms with Crippen LogP contribution in [-0.4, -0.2) is 35.0 Å². The molecule has 2 aliphatic heterocycles. The molecule has 4 nitrogen and oxygen atoms in total. The summed E-state index contributed by atoms with van der Waals surface area (Å²) in [6.07, 6.45) is 1.88. The molecule has 0 aromatic rings. The maximum atomic E-state index is 11.7. The third kappa shape index (κ3) is 1.96. The van der Waals surface area contributed by atoms with Crippen LogP contribution in [0.1, 0.15) is 26.7 Å². The minimum absolute atomic E-state index is 0.160. The molecule has 0 saturated carbocycles. The molecule has 0 aromatic heterocycles. The van der Waals surface area contributed by atoms with Crippen molar-refractivity contribution in [2.75, 3.05) is 0 Å². The number of fused-ring (bicyclic) bond motifs is 3. The van der Waals surface area contributed by atoms with Crippen molar-refractivity contribution in [1.82, 2.24) is 0 Å². The third-order valence-electron chi connectivity index (χ3n) is 4.29. The van der Waals surface area contributed by atoms with Gasteiger partial charge in [-0.3, -0.25) is 0 Å². The van der Waals surface area contributed by atoms with Crippen LogP contribution in [-0.2, 0) is 14.3 Å². The van der Waals surface area contributed by atoms with Crippen molar-refractivity contribution >= 4 is 5.97 Å². The Kier molecular flexibility index (Phi) is 2.72. The van der Waals surface area contributed by atoms with Crippen LogP contribution in [0.2, 0.25) is 0 Å². The molecule has 0 spiro atoms. The molecule has 3 rings (SSSR count). The van der Waals surface area contributed by atoms with Gasteiger partial charge in [-0.2, -0.15) is 0 Å². The van der Waals surface area contributed by atoms with Crippen LogP contribution in [0.3, 0.4) is 0 Å². The maximum absolute atomic E-state index is 11.7. The summed E-state index contributed by atoms with van der Waals surface area (Å²) in [5.74, 6) is -0.796. The smallest absolute Gasteiger partial charge is 0.334 e. The molecular weight excluding hydrogens is 244 g/mol. The van der Waals surface area contributed by atoms with Crippen molar-refractivity contribution in [1.29, 1.82) is 0 Å². The van der Waals surface area contributed by atoms with Gasteiger partial charge in [0, 0.05) is 18.4 Å². The first-order valence-electron chi connectivity index (χ1n) is 6.59. The van der Waals surface area contributed by atoms with Gasteiger partial charge in [0.1, 0.15) is 12.2 Å². The lowest BCUT2D eigenvalue weighted by Gasteiger charge is -2.23. The van der Waals surface area contributed by atoms with E-state index in [2.05, 4.69) is 12.3 Å². The van der Waals surface area contributed by atoms with E-state index in [1.807, 2.05) is 19.9 Å². The number of hydrogen-bond acceptors (Lipinski definition) is 4. The summed E-state index contributed by atoms with van der Waals surface area (Å²) < 4.78 is 11.1. The predicted molar refractivity (Wildman–Crippen MR) is 68.3 cm³/mol. The van der Waals surface area contributed by atoms with E-state index in [9.17, 15) is 9.90 Å². The predicted octanol–water partition coefficient (Wildman–Crippen LogP) is 1.50. The third-order valence-corrected chi connectivity index (χ3v) is 4.29. The Balaban J connectivity index is 1.98. The Morgan fingerprint density at radius 1 is 1.58 bits per heavy atom. The molecule has 2 saturated heterocycles. The molecule has 1 N–H and O–H groups in total. The van der Waals surface area contributed by atoms with Gasteiger partial charge in [0.2, 0.25) is 0 Å². The van der Waals surface area contributed by atoms with E-state index in [1.54, 1.807) is 0 Å². The number of carbonyl (C=O) groups is 1. The number of epoxide rings is 1. The van der Waals surface area contributed by atoms with E-state index in [0.717, 1.165) is 12.0 Å². The Bertz CT molecular complexity index is 514. The summed E-state index contributed by atoms with van der Waals surface area (Å²) in [4.78, 5) is 11.7. The first kappa shape index (κ1) is 12.7. The van der Waals surface area contributed by atoms with E-state index >= 15 is 0 Å². The zero-order valence-electron chi connectivity index (χ0n) is 11.2. The molecule has 0 radical (unpaired) electrons. The first-order chi connectivity index (χ1) is 8.92. The lowest BCUT2D eigenvalue weighted by Crippen LogP contribution is -2.35. The van der Waals surface area contributed by atoms with Crippen LogP contribution >= 0.6 is 0 Å². The lowest BCUT2D eigenvalue weighted by molar-refractivity contribution is -0.140. The number of esters is 1. The molecule has 0 aromatic carbocycles. The zero-order valence-corrected chi connectivity index (χ0v) is 11.2. The minimum atomic E-state index is -0.684. The van der Waals surface area contributed by atoms with Crippen molar-refractivity contribution in [2.24, 2.45) is 5.92 Å². The molecule has 102 valence electrons. The highest BCUT2D eigenvalue weighted by Crippen LogP contribution is 2.49. The van der Waals surface area contributed by atoms with E-state index in [1.165, 1.54) is 0 Å². The van der Waals surface area contributed by atoms with Crippen LogP contribution in [0.15, 0.2) is 29.5 Å². The summed E-state index contributed by atoms with van der Waals surface area (Å²) >= 11 is 0. The average Bonchev–Trinajstić information content (AvgIpc) is 2.89. The summed E-state index contributed by atoms with van der Waals surface area (Å²) in [6, 6.07) is 0. The average molecular weight is 262 g/mol. The molecule has 4 heteroatoms. The molecule has 3 aliphatic rings. The monoisotopic (exact) mass is 262 g/mol. The molecule has 0 bridgehead atoms. The van der Waals surface area contributed by atoms with Crippen molar-refractivity contribution in [3.05, 3.63) is 29.5 Å². The van der Waals surface area contributed by atoms with Crippen LogP contribution in [0, 0.1) is 5.92 Å². The highest BCUT2D eigenvalue weighted by Gasteiger charge is 2.62. The standard InChI is InChI=1S/C15H18O4/c1-8-5-4-6-15(3)13(19-15)12-11(10(16)7-8)9(2)14(17)18-12/h4,10-13,16H,2,6-7H2,1,3H3/t5?,10-,11+,12-,13-,15+/m0/s1. The number of hydrogen-bond donors (Lipinski definition) is 1. The Morgan fingerprint density at radius 2 is 2.32 bits per heavy atom. The Hall–Kier alpha value is -1.35. The normalized spacial score (nSPS) is 45.1. The van der Waals surface area contributed by atoms with Crippen molar-refractivity contribution in [2.45, 2.75) is 50.6 Å². The highest BCUT2D eigenvalue weighted by atomic mass is 16.6. The minimum Gasteiger partial charge on any atom is -0.455 e. The van der Waals surface area contributed by atoms with E-state index in [-0.39, 0.29) is 17.6 Å². The van der Waals surface area contributed by atoms with Gasteiger partial charge in [-0.1, -0.05) is 6.58 Å². The van der Waals surface area contributed by atoms with Crippen LogP contribution in [0.4, 0.5) is 0 Å². The van der Waals surface area contributed by atoms with E-state index in [4.69, 9.17) is 9.47 Å². The maximum Gasteiger partial charge on any atom is 0.334 e. The lowest BCUT2D eigenvalue weighted by atomic mass is 9.83. The fourth-order valence-electron chi connectivity index (χ4n) is 3.07. The second-order valence-corrected chi connectivity index (χ2v) is 5.88. The fraction of sp³-hybridized carbons (Fsp3) is 0.600. The van der Waals surface area contributed by atoms with Crippen LogP contribution in [0.5, 0.6) is 0 Å². The number of ether oxygens (including phenoxy) is 2. The molecular formula is C15H18O4. The largest absolute Gasteiger partial charge is 0.455 e. The molecule has 19 heavy (non-hydrogen) atoms. The summed E-state index contributed by atoms with van der Waals surface area (Å²) in [7, 11) is 0. The van der Waals surface area contributed by atoms with Crippen molar-refractivity contribution < 1.29 is 19.4 Å². The molecule has 1 aliphatic carbocycles. The van der Waals surface area contributed by atoms with E-state index in [0.29, 0.717) is 12.0 Å². The van der Waals surface area contributed by atoms with Gasteiger partial charge in [0.15, 0.2) is 0 Å². The van der Waals surface area contributed by atoms with Crippen LogP contribution < -0.4 is 0 Å². The first-order valence-corrected chi connectivity index (χ1v) is 6.59. The second kappa shape index (κ2) is 4.07. The number of rotatable bonds is 0. The molecule has 2 heterocycles. The van der Waals surface area contributed by atoms with Crippen LogP contribution in [0.25, 0.3) is 0 Å². The van der Waals surface area contributed by atoms with Gasteiger partial charge in [-0.25, -0.2) is 4.79 Å². The van der Waals surface area contributed by atoms with Gasteiger partial charge in [0.25, 0.3) is 0 Å². The van der Waals surface area contributed by atoms with Gasteiger partial charge >= 0.3 is 5.97 Å². The fourth-order valence-corrected chi connectivity index (χ4v) is 3.07. The van der Waals surface area contributed by atoms with E-state index < -0.39 is 18.2 Å². The number of carbonyl (C=O) groups excluding carboxylic acids is 1. The number of aliphatic hydroxyl groups excluding tert-OH is 1. The quantitative estimate of drug-likeness (QED) is 0.311. The zero-order chi connectivity index (χ0) is 13.8. The number of aliphatic hydroxyl groups is 1. The topological polar surface area (TPSA) is 59.1 Å². The van der Waals surface area contributed by atoms with Crippen molar-refractivity contribution in [3.8, 4) is 0 Å². The molecule has 0 unspecified atom stereocenters. The molecule has 2 fully saturated rings. The van der Waals surface area contributed by atoms with Gasteiger partial charge in [-0.15, -0.1) is 5.73 Å². The van der Waals surface area contributed by atoms with Crippen molar-refractivity contribution in [3.63, 3.8) is 0 Å². The second-order valence-electron chi connectivity index (χ2n) is 5.88. The highest BCUT2D eigenvalue weighted by molar-refractivity contribution is 5.91. The van der Waals surface area contributed by atoms with Gasteiger partial charge in [-0.05, 0) is 25.5 Å². The molecule has 0 amide bonds. The Morgan fingerprint density at radius 3 is 3.05 bits per heavy atom. The Labute approximate surface area is 112 Å². The SMILES string of the molecule is C=C1C(=O)O[C@H]2[C@H]1[C@@H](O)CC(C)=C=CC[C@@]1(C)O[C@@H]21. The summed E-state index contributed by atoms with van der Waals surface area (Å²) in [5, 5.41) is 10.4. The van der Waals surface area contributed by atoms with Gasteiger partial charge in [0.05, 0.1) is 17.6 Å².